The van der Waals surface area contributed by atoms with Gasteiger partial charge in [0.15, 0.2) is 0 Å². The average Bonchev–Trinajstić information content (AvgIpc) is 2.46. The van der Waals surface area contributed by atoms with E-state index in [-0.39, 0.29) is 17.8 Å². The molecule has 1 aromatic carbocycles. The van der Waals surface area contributed by atoms with Gasteiger partial charge in [0.1, 0.15) is 18.6 Å². The molecule has 20 heavy (non-hydrogen) atoms. The summed E-state index contributed by atoms with van der Waals surface area (Å²) in [5.41, 5.74) is 1.64. The first-order chi connectivity index (χ1) is 9.74. The Bertz CT molecular complexity index is 803. The van der Waals surface area contributed by atoms with E-state index in [1.807, 2.05) is 30.3 Å². The van der Waals surface area contributed by atoms with Crippen molar-refractivity contribution in [3.63, 3.8) is 0 Å². The van der Waals surface area contributed by atoms with Crippen molar-refractivity contribution in [1.29, 1.82) is 0 Å². The number of fused-ring (bicyclic) bond motifs is 1. The van der Waals surface area contributed by atoms with Crippen molar-refractivity contribution in [3.8, 4) is 5.75 Å². The molecule has 0 atom stereocenters. The lowest BCUT2D eigenvalue weighted by molar-refractivity contribution is 0.291. The summed E-state index contributed by atoms with van der Waals surface area (Å²) in [6.45, 7) is 2.00. The van der Waals surface area contributed by atoms with Gasteiger partial charge < -0.3 is 9.15 Å². The van der Waals surface area contributed by atoms with Crippen LogP contribution in [0.4, 0.5) is 0 Å². The van der Waals surface area contributed by atoms with E-state index in [1.54, 1.807) is 13.1 Å². The zero-order chi connectivity index (χ0) is 13.9. The molecule has 0 amide bonds. The molecular formula is C16H13NO3. The molecule has 3 aromatic rings. The van der Waals surface area contributed by atoms with Crippen LogP contribution in [0.2, 0.25) is 0 Å². The fraction of sp³-hybridized carbons (Fsp3) is 0.125. The monoisotopic (exact) mass is 267 g/mol. The lowest BCUT2D eigenvalue weighted by Gasteiger charge is -2.07. The van der Waals surface area contributed by atoms with Crippen molar-refractivity contribution in [3.05, 3.63) is 70.4 Å². The van der Waals surface area contributed by atoms with Gasteiger partial charge in [-0.15, -0.1) is 0 Å². The van der Waals surface area contributed by atoms with E-state index in [4.69, 9.17) is 9.15 Å². The van der Waals surface area contributed by atoms with Crippen LogP contribution in [0.15, 0.2) is 58.1 Å². The summed E-state index contributed by atoms with van der Waals surface area (Å²) in [6.07, 6.45) is 3.09. The quantitative estimate of drug-likeness (QED) is 0.731. The van der Waals surface area contributed by atoms with Crippen LogP contribution in [0.1, 0.15) is 11.3 Å². The van der Waals surface area contributed by atoms with E-state index in [9.17, 15) is 4.79 Å². The summed E-state index contributed by atoms with van der Waals surface area (Å²) in [6, 6.07) is 11.2. The number of para-hydroxylation sites is 1. The lowest BCUT2D eigenvalue weighted by atomic mass is 10.1. The number of aromatic nitrogens is 1. The molecule has 0 unspecified atom stereocenters. The maximum Gasteiger partial charge on any atom is 0.226 e. The minimum Gasteiger partial charge on any atom is -0.482 e. The fourth-order valence-corrected chi connectivity index (χ4v) is 2.04. The van der Waals surface area contributed by atoms with Crippen molar-refractivity contribution >= 4 is 10.9 Å². The predicted molar refractivity (Wildman–Crippen MR) is 75.8 cm³/mol. The van der Waals surface area contributed by atoms with Gasteiger partial charge in [-0.25, -0.2) is 0 Å². The Morgan fingerprint density at radius 1 is 1.25 bits per heavy atom. The molecule has 2 heterocycles. The van der Waals surface area contributed by atoms with Gasteiger partial charge in [0.25, 0.3) is 0 Å². The van der Waals surface area contributed by atoms with E-state index in [0.717, 1.165) is 16.5 Å². The molecule has 0 radical (unpaired) electrons. The second-order valence-corrected chi connectivity index (χ2v) is 4.50. The van der Waals surface area contributed by atoms with Crippen molar-refractivity contribution in [2.75, 3.05) is 0 Å². The third kappa shape index (κ3) is 2.40. The van der Waals surface area contributed by atoms with Crippen LogP contribution in [0, 0.1) is 6.92 Å². The fourth-order valence-electron chi connectivity index (χ4n) is 2.04. The Kier molecular flexibility index (Phi) is 3.21. The molecule has 2 aromatic heterocycles. The van der Waals surface area contributed by atoms with E-state index >= 15 is 0 Å². The smallest absolute Gasteiger partial charge is 0.226 e. The lowest BCUT2D eigenvalue weighted by Crippen LogP contribution is -2.07. The highest BCUT2D eigenvalue weighted by Crippen LogP contribution is 2.17. The number of ether oxygens (including phenoxy) is 1. The Morgan fingerprint density at radius 2 is 2.10 bits per heavy atom. The third-order valence-electron chi connectivity index (χ3n) is 3.03. The zero-order valence-corrected chi connectivity index (χ0v) is 11.0. The van der Waals surface area contributed by atoms with Crippen LogP contribution in [-0.2, 0) is 6.61 Å². The Balaban J connectivity index is 1.89. The highest BCUT2D eigenvalue weighted by molar-refractivity contribution is 5.81. The molecule has 3 rings (SSSR count). The molecular weight excluding hydrogens is 254 g/mol. The van der Waals surface area contributed by atoms with Gasteiger partial charge >= 0.3 is 0 Å². The third-order valence-corrected chi connectivity index (χ3v) is 3.03. The standard InChI is InChI=1S/C16H13NO3/c1-11-8-14(18)15(10-19-11)20-9-13-5-2-4-12-6-3-7-17-16(12)13/h2-8,10H,9H2,1H3. The largest absolute Gasteiger partial charge is 0.482 e. The second-order valence-electron chi connectivity index (χ2n) is 4.50. The van der Waals surface area contributed by atoms with Crippen molar-refractivity contribution < 1.29 is 9.15 Å². The SMILES string of the molecule is Cc1cc(=O)c(OCc2cccc3cccnc23)co1. The first kappa shape index (κ1) is 12.4. The highest BCUT2D eigenvalue weighted by atomic mass is 16.5. The number of nitrogens with zero attached hydrogens (tertiary/aromatic N) is 1. The van der Waals surface area contributed by atoms with Crippen LogP contribution in [0.25, 0.3) is 10.9 Å². The molecule has 0 spiro atoms. The van der Waals surface area contributed by atoms with Gasteiger partial charge in [-0.05, 0) is 13.0 Å². The molecule has 0 aliphatic rings. The van der Waals surface area contributed by atoms with Gasteiger partial charge in [0.05, 0.1) is 5.52 Å². The summed E-state index contributed by atoms with van der Waals surface area (Å²) in [7, 11) is 0. The van der Waals surface area contributed by atoms with E-state index in [0.29, 0.717) is 5.76 Å². The summed E-state index contributed by atoms with van der Waals surface area (Å²) in [4.78, 5) is 16.1. The average molecular weight is 267 g/mol. The minimum atomic E-state index is -0.179. The molecule has 0 saturated heterocycles. The normalized spacial score (nSPS) is 10.7. The van der Waals surface area contributed by atoms with Gasteiger partial charge in [0, 0.05) is 23.2 Å². The minimum absolute atomic E-state index is 0.179. The molecule has 0 fully saturated rings. The first-order valence-electron chi connectivity index (χ1n) is 6.29. The summed E-state index contributed by atoms with van der Waals surface area (Å²) in [5.74, 6) is 0.776. The van der Waals surface area contributed by atoms with Crippen molar-refractivity contribution in [2.45, 2.75) is 13.5 Å². The maximum atomic E-state index is 11.7. The van der Waals surface area contributed by atoms with Crippen LogP contribution in [0.3, 0.4) is 0 Å². The number of hydrogen-bond acceptors (Lipinski definition) is 4. The Labute approximate surface area is 115 Å². The van der Waals surface area contributed by atoms with Crippen molar-refractivity contribution in [1.82, 2.24) is 4.98 Å². The molecule has 100 valence electrons. The van der Waals surface area contributed by atoms with Crippen LogP contribution >= 0.6 is 0 Å². The number of benzene rings is 1. The molecule has 4 nitrogen and oxygen atoms in total. The number of pyridine rings is 1. The van der Waals surface area contributed by atoms with E-state index < -0.39 is 0 Å². The molecule has 0 aliphatic carbocycles. The van der Waals surface area contributed by atoms with Crippen LogP contribution in [-0.4, -0.2) is 4.98 Å². The van der Waals surface area contributed by atoms with E-state index in [1.165, 1.54) is 12.3 Å². The maximum absolute atomic E-state index is 11.7. The van der Waals surface area contributed by atoms with Crippen LogP contribution in [0.5, 0.6) is 5.75 Å². The molecule has 0 aliphatic heterocycles. The molecule has 4 heteroatoms. The molecule has 0 bridgehead atoms. The molecule has 0 N–H and O–H groups in total. The summed E-state index contributed by atoms with van der Waals surface area (Å²) in [5, 5.41) is 1.05. The summed E-state index contributed by atoms with van der Waals surface area (Å²) < 4.78 is 10.7. The second kappa shape index (κ2) is 5.17. The predicted octanol–water partition coefficient (Wildman–Crippen LogP) is 3.08. The van der Waals surface area contributed by atoms with Gasteiger partial charge in [-0.1, -0.05) is 24.3 Å². The number of rotatable bonds is 3. The zero-order valence-electron chi connectivity index (χ0n) is 11.0. The Hall–Kier alpha value is -2.62. The van der Waals surface area contributed by atoms with Crippen molar-refractivity contribution in [2.24, 2.45) is 0 Å². The van der Waals surface area contributed by atoms with Gasteiger partial charge in [-0.2, -0.15) is 0 Å². The summed E-state index contributed by atoms with van der Waals surface area (Å²) >= 11 is 0. The topological polar surface area (TPSA) is 52.3 Å². The van der Waals surface area contributed by atoms with Crippen LogP contribution < -0.4 is 10.2 Å². The van der Waals surface area contributed by atoms with E-state index in [2.05, 4.69) is 4.98 Å². The number of hydrogen-bond donors (Lipinski definition) is 0. The number of aryl methyl sites for hydroxylation is 1. The Morgan fingerprint density at radius 3 is 2.95 bits per heavy atom. The van der Waals surface area contributed by atoms with Gasteiger partial charge in [-0.3, -0.25) is 9.78 Å². The highest BCUT2D eigenvalue weighted by Gasteiger charge is 2.06. The first-order valence-corrected chi connectivity index (χ1v) is 6.29. The van der Waals surface area contributed by atoms with Gasteiger partial charge in [0.2, 0.25) is 11.2 Å². The molecule has 0 saturated carbocycles.